The van der Waals surface area contributed by atoms with Crippen LogP contribution in [-0.2, 0) is 9.53 Å². The molecule has 2 saturated heterocycles. The molecule has 0 spiro atoms. The number of amides is 1. The van der Waals surface area contributed by atoms with Crippen LogP contribution in [0.1, 0.15) is 30.4 Å². The van der Waals surface area contributed by atoms with E-state index in [1.165, 1.54) is 6.07 Å². The number of aryl methyl sites for hydroxylation is 1. The summed E-state index contributed by atoms with van der Waals surface area (Å²) >= 11 is 0. The van der Waals surface area contributed by atoms with Crippen molar-refractivity contribution in [1.82, 2.24) is 10.2 Å². The molecule has 0 aliphatic carbocycles. The molecule has 9 heteroatoms. The van der Waals surface area contributed by atoms with E-state index < -0.39 is 0 Å². The van der Waals surface area contributed by atoms with Crippen molar-refractivity contribution in [3.8, 4) is 0 Å². The number of morpholine rings is 1. The summed E-state index contributed by atoms with van der Waals surface area (Å²) in [6.07, 6.45) is 1.33. The Bertz CT molecular complexity index is 932. The fourth-order valence-corrected chi connectivity index (χ4v) is 4.54. The van der Waals surface area contributed by atoms with E-state index in [2.05, 4.69) is 10.2 Å². The number of carbonyl (C=O) groups excluding carboxylic acids is 1. The number of ether oxygens (including phenoxy) is 1. The molecule has 9 nitrogen and oxygen atoms in total. The summed E-state index contributed by atoms with van der Waals surface area (Å²) in [4.78, 5) is 28.2. The van der Waals surface area contributed by atoms with Gasteiger partial charge >= 0.3 is 0 Å². The molecule has 2 aliphatic rings. The van der Waals surface area contributed by atoms with Gasteiger partial charge in [-0.05, 0) is 38.0 Å². The molecule has 32 heavy (non-hydrogen) atoms. The number of para-hydroxylation sites is 2. The molecular weight excluding hydrogens is 412 g/mol. The Kier molecular flexibility index (Phi) is 7.06. The number of benzene rings is 1. The number of nitrogens with one attached hydrogen (secondary N) is 1. The van der Waals surface area contributed by atoms with E-state index in [9.17, 15) is 14.9 Å². The van der Waals surface area contributed by atoms with Crippen LogP contribution < -0.4 is 10.2 Å². The lowest BCUT2D eigenvalue weighted by molar-refractivity contribution is -0.384. The molecule has 3 heterocycles. The average molecular weight is 443 g/mol. The number of carbonyl (C=O) groups is 1. The molecule has 1 N–H and O–H groups in total. The first kappa shape index (κ1) is 22.3. The molecule has 2 aliphatic heterocycles. The first-order valence-corrected chi connectivity index (χ1v) is 11.2. The number of nitro benzene ring substituents is 1. The molecule has 0 saturated carbocycles. The standard InChI is InChI=1S/C23H30N4O5/c1-17-6-7-22(32-17)21(26-12-14-31-15-13-26)16-24-23(28)18-8-10-25(11-9-18)19-4-2-3-5-20(19)27(29)30/h2-7,18,21H,8-16H2,1H3,(H,24,28). The van der Waals surface area contributed by atoms with Crippen molar-refractivity contribution < 1.29 is 18.9 Å². The number of anilines is 1. The van der Waals surface area contributed by atoms with Crippen LogP contribution in [0.15, 0.2) is 40.8 Å². The molecule has 0 radical (unpaired) electrons. The molecule has 172 valence electrons. The van der Waals surface area contributed by atoms with E-state index in [4.69, 9.17) is 9.15 Å². The minimum atomic E-state index is -0.351. The number of hydrogen-bond acceptors (Lipinski definition) is 7. The van der Waals surface area contributed by atoms with Gasteiger partial charge in [0.15, 0.2) is 0 Å². The van der Waals surface area contributed by atoms with Gasteiger partial charge in [0, 0.05) is 44.7 Å². The number of piperidine rings is 1. The summed E-state index contributed by atoms with van der Waals surface area (Å²) in [6.45, 7) is 6.59. The van der Waals surface area contributed by atoms with Crippen molar-refractivity contribution >= 4 is 17.3 Å². The third-order valence-electron chi connectivity index (χ3n) is 6.33. The Labute approximate surface area is 187 Å². The van der Waals surface area contributed by atoms with E-state index in [-0.39, 0.29) is 28.5 Å². The predicted molar refractivity (Wildman–Crippen MR) is 120 cm³/mol. The van der Waals surface area contributed by atoms with Gasteiger partial charge in [-0.2, -0.15) is 0 Å². The molecule has 1 aromatic heterocycles. The summed E-state index contributed by atoms with van der Waals surface area (Å²) < 4.78 is 11.3. The highest BCUT2D eigenvalue weighted by atomic mass is 16.6. The SMILES string of the molecule is Cc1ccc(C(CNC(=O)C2CCN(c3ccccc3[N+](=O)[O-])CC2)N2CCOCC2)o1. The predicted octanol–water partition coefficient (Wildman–Crippen LogP) is 2.90. The van der Waals surface area contributed by atoms with Crippen LogP contribution in [0, 0.1) is 23.0 Å². The minimum Gasteiger partial charge on any atom is -0.465 e. The van der Waals surface area contributed by atoms with Crippen molar-refractivity contribution in [1.29, 1.82) is 0 Å². The van der Waals surface area contributed by atoms with Crippen molar-refractivity contribution in [2.45, 2.75) is 25.8 Å². The molecule has 1 atom stereocenters. The van der Waals surface area contributed by atoms with Crippen LogP contribution in [0.4, 0.5) is 11.4 Å². The van der Waals surface area contributed by atoms with Gasteiger partial charge in [0.25, 0.3) is 5.69 Å². The van der Waals surface area contributed by atoms with Crippen molar-refractivity contribution in [3.05, 3.63) is 58.0 Å². The average Bonchev–Trinajstić information content (AvgIpc) is 3.25. The van der Waals surface area contributed by atoms with Gasteiger partial charge < -0.3 is 19.4 Å². The number of nitro groups is 1. The highest BCUT2D eigenvalue weighted by Gasteiger charge is 2.30. The lowest BCUT2D eigenvalue weighted by atomic mass is 9.95. The van der Waals surface area contributed by atoms with Gasteiger partial charge in [-0.1, -0.05) is 12.1 Å². The zero-order valence-electron chi connectivity index (χ0n) is 18.4. The number of rotatable bonds is 7. The van der Waals surface area contributed by atoms with Crippen LogP contribution in [-0.4, -0.2) is 61.7 Å². The van der Waals surface area contributed by atoms with Crippen molar-refractivity contribution in [3.63, 3.8) is 0 Å². The van der Waals surface area contributed by atoms with E-state index >= 15 is 0 Å². The maximum Gasteiger partial charge on any atom is 0.292 e. The van der Waals surface area contributed by atoms with Crippen LogP contribution in [0.3, 0.4) is 0 Å². The lowest BCUT2D eigenvalue weighted by Gasteiger charge is -2.35. The van der Waals surface area contributed by atoms with E-state index in [1.807, 2.05) is 30.0 Å². The van der Waals surface area contributed by atoms with Gasteiger partial charge in [0.2, 0.25) is 5.91 Å². The minimum absolute atomic E-state index is 0.0244. The second-order valence-electron chi connectivity index (χ2n) is 8.36. The summed E-state index contributed by atoms with van der Waals surface area (Å²) in [6, 6.07) is 10.7. The molecule has 4 rings (SSSR count). The third-order valence-corrected chi connectivity index (χ3v) is 6.33. The molecule has 0 bridgehead atoms. The summed E-state index contributed by atoms with van der Waals surface area (Å²) in [5.41, 5.74) is 0.731. The smallest absolute Gasteiger partial charge is 0.292 e. The zero-order chi connectivity index (χ0) is 22.5. The monoisotopic (exact) mass is 442 g/mol. The molecule has 1 unspecified atom stereocenters. The topological polar surface area (TPSA) is 101 Å². The highest BCUT2D eigenvalue weighted by Crippen LogP contribution is 2.31. The third kappa shape index (κ3) is 5.11. The number of nitrogens with zero attached hydrogens (tertiary/aromatic N) is 3. The summed E-state index contributed by atoms with van der Waals surface area (Å²) in [5.74, 6) is 1.65. The molecule has 1 amide bonds. The summed E-state index contributed by atoms with van der Waals surface area (Å²) in [5, 5.41) is 14.5. The van der Waals surface area contributed by atoms with E-state index in [0.717, 1.165) is 24.6 Å². The second-order valence-corrected chi connectivity index (χ2v) is 8.36. The van der Waals surface area contributed by atoms with Gasteiger partial charge in [0.1, 0.15) is 17.2 Å². The fourth-order valence-electron chi connectivity index (χ4n) is 4.54. The number of hydrogen-bond donors (Lipinski definition) is 1. The Hall–Kier alpha value is -2.91. The van der Waals surface area contributed by atoms with Gasteiger partial charge in [-0.25, -0.2) is 0 Å². The van der Waals surface area contributed by atoms with Crippen molar-refractivity contribution in [2.24, 2.45) is 5.92 Å². The first-order chi connectivity index (χ1) is 15.5. The van der Waals surface area contributed by atoms with Gasteiger partial charge in [0.05, 0.1) is 24.2 Å². The van der Waals surface area contributed by atoms with Crippen molar-refractivity contribution in [2.75, 3.05) is 50.8 Å². The Morgan fingerprint density at radius 3 is 2.53 bits per heavy atom. The van der Waals surface area contributed by atoms with Crippen LogP contribution in [0.2, 0.25) is 0 Å². The normalized spacial score (nSPS) is 19.0. The molecule has 1 aromatic carbocycles. The van der Waals surface area contributed by atoms with Crippen LogP contribution in [0.25, 0.3) is 0 Å². The Morgan fingerprint density at radius 2 is 1.88 bits per heavy atom. The maximum absolute atomic E-state index is 12.9. The Morgan fingerprint density at radius 1 is 1.16 bits per heavy atom. The van der Waals surface area contributed by atoms with Gasteiger partial charge in [-0.3, -0.25) is 19.8 Å². The second kappa shape index (κ2) is 10.1. The first-order valence-electron chi connectivity index (χ1n) is 11.2. The van der Waals surface area contributed by atoms with Crippen LogP contribution in [0.5, 0.6) is 0 Å². The Balaban J connectivity index is 1.34. The lowest BCUT2D eigenvalue weighted by Crippen LogP contribution is -2.46. The van der Waals surface area contributed by atoms with Crippen LogP contribution >= 0.6 is 0 Å². The highest BCUT2D eigenvalue weighted by molar-refractivity contribution is 5.79. The molecular formula is C23H30N4O5. The quantitative estimate of drug-likeness (QED) is 0.520. The molecule has 2 aromatic rings. The van der Waals surface area contributed by atoms with Gasteiger partial charge in [-0.15, -0.1) is 0 Å². The number of furan rings is 1. The zero-order valence-corrected chi connectivity index (χ0v) is 18.4. The molecule has 2 fully saturated rings. The van der Waals surface area contributed by atoms with E-state index in [1.54, 1.807) is 12.1 Å². The fraction of sp³-hybridized carbons (Fsp3) is 0.522. The largest absolute Gasteiger partial charge is 0.465 e. The van der Waals surface area contributed by atoms with E-state index in [0.29, 0.717) is 51.4 Å². The maximum atomic E-state index is 12.9. The summed E-state index contributed by atoms with van der Waals surface area (Å²) in [7, 11) is 0.